The maximum absolute atomic E-state index is 13.2. The van der Waals surface area contributed by atoms with Crippen LogP contribution in [0.2, 0.25) is 0 Å². The van der Waals surface area contributed by atoms with Crippen molar-refractivity contribution in [3.05, 3.63) is 57.3 Å². The molecule has 2 aromatic rings. The molecule has 0 saturated heterocycles. The van der Waals surface area contributed by atoms with Gasteiger partial charge >= 0.3 is 0 Å². The van der Waals surface area contributed by atoms with Gasteiger partial charge in [0.25, 0.3) is 0 Å². The van der Waals surface area contributed by atoms with E-state index in [4.69, 9.17) is 4.74 Å². The summed E-state index contributed by atoms with van der Waals surface area (Å²) < 4.78 is 19.9. The van der Waals surface area contributed by atoms with Crippen LogP contribution in [0.15, 0.2) is 34.8 Å². The van der Waals surface area contributed by atoms with Crippen molar-refractivity contribution in [2.75, 3.05) is 6.61 Å². The quantitative estimate of drug-likeness (QED) is 0.885. The number of fused-ring (bicyclic) bond motifs is 1. The predicted octanol–water partition coefficient (Wildman–Crippen LogP) is 3.52. The first-order chi connectivity index (χ1) is 10.1. The minimum absolute atomic E-state index is 0.0969. The number of phenols is 1. The van der Waals surface area contributed by atoms with Crippen LogP contribution in [0.5, 0.6) is 11.5 Å². The largest absolute Gasteiger partial charge is 0.508 e. The zero-order chi connectivity index (χ0) is 14.8. The molecule has 0 saturated carbocycles. The summed E-state index contributed by atoms with van der Waals surface area (Å²) in [5.41, 5.74) is 2.81. The van der Waals surface area contributed by atoms with Crippen LogP contribution in [0.25, 0.3) is 0 Å². The van der Waals surface area contributed by atoms with Crippen molar-refractivity contribution in [2.24, 2.45) is 0 Å². The van der Waals surface area contributed by atoms with Gasteiger partial charge in [-0.2, -0.15) is 0 Å². The van der Waals surface area contributed by atoms with E-state index in [1.807, 2.05) is 6.07 Å². The number of hydrogen-bond donors (Lipinski definition) is 2. The van der Waals surface area contributed by atoms with Crippen molar-refractivity contribution in [2.45, 2.75) is 19.5 Å². The van der Waals surface area contributed by atoms with E-state index in [0.29, 0.717) is 25.3 Å². The Kier molecular flexibility index (Phi) is 4.12. The Bertz CT molecular complexity index is 676. The van der Waals surface area contributed by atoms with Crippen LogP contribution in [0, 0.1) is 5.82 Å². The summed E-state index contributed by atoms with van der Waals surface area (Å²) in [4.78, 5) is 0. The fraction of sp³-hybridized carbons (Fsp3) is 0.250. The molecule has 1 aliphatic rings. The fourth-order valence-corrected chi connectivity index (χ4v) is 3.06. The van der Waals surface area contributed by atoms with Crippen molar-refractivity contribution >= 4 is 15.9 Å². The second-order valence-corrected chi connectivity index (χ2v) is 5.94. The maximum Gasteiger partial charge on any atom is 0.127 e. The molecule has 3 rings (SSSR count). The fourth-order valence-electron chi connectivity index (χ4n) is 2.50. The normalized spacial score (nSPS) is 13.0. The third kappa shape index (κ3) is 3.19. The summed E-state index contributed by atoms with van der Waals surface area (Å²) in [7, 11) is 0. The van der Waals surface area contributed by atoms with Crippen molar-refractivity contribution in [1.82, 2.24) is 5.32 Å². The second-order valence-electron chi connectivity index (χ2n) is 5.03. The molecule has 110 valence electrons. The zero-order valence-corrected chi connectivity index (χ0v) is 12.9. The van der Waals surface area contributed by atoms with E-state index in [1.165, 1.54) is 23.8 Å². The van der Waals surface area contributed by atoms with Crippen LogP contribution < -0.4 is 10.1 Å². The van der Waals surface area contributed by atoms with E-state index in [0.717, 1.165) is 22.2 Å². The van der Waals surface area contributed by atoms with Gasteiger partial charge in [-0.25, -0.2) is 4.39 Å². The Morgan fingerprint density at radius 2 is 2.00 bits per heavy atom. The summed E-state index contributed by atoms with van der Waals surface area (Å²) in [5, 5.41) is 12.9. The smallest absolute Gasteiger partial charge is 0.127 e. The van der Waals surface area contributed by atoms with Crippen LogP contribution in [-0.2, 0) is 19.5 Å². The SMILES string of the molecule is Oc1ccc(F)cc1CNCc1cc(Br)cc2c1OCC2. The lowest BCUT2D eigenvalue weighted by Crippen LogP contribution is -2.13. The third-order valence-corrected chi connectivity index (χ3v) is 3.96. The first kappa shape index (κ1) is 14.4. The van der Waals surface area contributed by atoms with E-state index in [-0.39, 0.29) is 11.6 Å². The minimum atomic E-state index is -0.351. The molecule has 0 atom stereocenters. The number of hydrogen-bond acceptors (Lipinski definition) is 3. The van der Waals surface area contributed by atoms with Gasteiger partial charge in [-0.15, -0.1) is 0 Å². The number of phenolic OH excluding ortho intramolecular Hbond substituents is 1. The van der Waals surface area contributed by atoms with Gasteiger partial charge in [0.15, 0.2) is 0 Å². The molecule has 1 heterocycles. The van der Waals surface area contributed by atoms with E-state index >= 15 is 0 Å². The molecular formula is C16H15BrFNO2. The van der Waals surface area contributed by atoms with Crippen LogP contribution >= 0.6 is 15.9 Å². The van der Waals surface area contributed by atoms with Gasteiger partial charge in [-0.05, 0) is 35.9 Å². The maximum atomic E-state index is 13.2. The topological polar surface area (TPSA) is 41.5 Å². The number of halogens is 2. The van der Waals surface area contributed by atoms with Gasteiger partial charge in [-0.3, -0.25) is 0 Å². The van der Waals surface area contributed by atoms with Crippen molar-refractivity contribution in [3.63, 3.8) is 0 Å². The highest BCUT2D eigenvalue weighted by Crippen LogP contribution is 2.33. The average Bonchev–Trinajstić information content (AvgIpc) is 2.90. The van der Waals surface area contributed by atoms with Crippen LogP contribution in [0.4, 0.5) is 4.39 Å². The number of benzene rings is 2. The average molecular weight is 352 g/mol. The number of ether oxygens (including phenoxy) is 1. The Morgan fingerprint density at radius 1 is 1.19 bits per heavy atom. The van der Waals surface area contributed by atoms with Gasteiger partial charge in [0, 0.05) is 35.1 Å². The molecule has 0 radical (unpaired) electrons. The minimum Gasteiger partial charge on any atom is -0.508 e. The zero-order valence-electron chi connectivity index (χ0n) is 11.3. The number of aromatic hydroxyl groups is 1. The molecule has 0 fully saturated rings. The number of rotatable bonds is 4. The molecule has 0 aliphatic carbocycles. The summed E-state index contributed by atoms with van der Waals surface area (Å²) in [6.45, 7) is 1.70. The molecule has 0 aromatic heterocycles. The lowest BCUT2D eigenvalue weighted by molar-refractivity contribution is 0.352. The second kappa shape index (κ2) is 6.03. The standard InChI is InChI=1S/C16H15BrFNO2/c17-13-5-10-3-4-21-16(10)12(6-13)9-19-8-11-7-14(18)1-2-15(11)20/h1-2,5-7,19-20H,3-4,8-9H2. The summed E-state index contributed by atoms with van der Waals surface area (Å²) in [6.07, 6.45) is 0.923. The summed E-state index contributed by atoms with van der Waals surface area (Å²) in [6, 6.07) is 8.04. The highest BCUT2D eigenvalue weighted by molar-refractivity contribution is 9.10. The van der Waals surface area contributed by atoms with Crippen LogP contribution in [-0.4, -0.2) is 11.7 Å². The van der Waals surface area contributed by atoms with E-state index in [9.17, 15) is 9.50 Å². The highest BCUT2D eigenvalue weighted by atomic mass is 79.9. The lowest BCUT2D eigenvalue weighted by atomic mass is 10.1. The van der Waals surface area contributed by atoms with Gasteiger partial charge in [0.2, 0.25) is 0 Å². The molecule has 3 nitrogen and oxygen atoms in total. The molecule has 1 aliphatic heterocycles. The van der Waals surface area contributed by atoms with E-state index in [1.54, 1.807) is 0 Å². The monoisotopic (exact) mass is 351 g/mol. The molecule has 5 heteroatoms. The van der Waals surface area contributed by atoms with Gasteiger partial charge in [-0.1, -0.05) is 15.9 Å². The third-order valence-electron chi connectivity index (χ3n) is 3.50. The summed E-state index contributed by atoms with van der Waals surface area (Å²) >= 11 is 3.50. The van der Waals surface area contributed by atoms with Crippen molar-refractivity contribution in [3.8, 4) is 11.5 Å². The Labute approximate surface area is 130 Å². The van der Waals surface area contributed by atoms with E-state index < -0.39 is 0 Å². The van der Waals surface area contributed by atoms with Crippen LogP contribution in [0.3, 0.4) is 0 Å². The predicted molar refractivity (Wildman–Crippen MR) is 81.9 cm³/mol. The molecule has 2 aromatic carbocycles. The Hall–Kier alpha value is -1.59. The Balaban J connectivity index is 1.70. The molecule has 21 heavy (non-hydrogen) atoms. The molecular weight excluding hydrogens is 337 g/mol. The Morgan fingerprint density at radius 3 is 2.86 bits per heavy atom. The first-order valence-corrected chi connectivity index (χ1v) is 7.55. The molecule has 0 bridgehead atoms. The van der Waals surface area contributed by atoms with Crippen molar-refractivity contribution in [1.29, 1.82) is 0 Å². The molecule has 2 N–H and O–H groups in total. The number of nitrogens with one attached hydrogen (secondary N) is 1. The molecule has 0 spiro atoms. The van der Waals surface area contributed by atoms with Crippen molar-refractivity contribution < 1.29 is 14.2 Å². The molecule has 0 unspecified atom stereocenters. The van der Waals surface area contributed by atoms with Gasteiger partial charge in [0.1, 0.15) is 17.3 Å². The van der Waals surface area contributed by atoms with E-state index in [2.05, 4.69) is 27.3 Å². The highest BCUT2D eigenvalue weighted by Gasteiger charge is 2.17. The van der Waals surface area contributed by atoms with Gasteiger partial charge in [0.05, 0.1) is 6.61 Å². The first-order valence-electron chi connectivity index (χ1n) is 6.75. The lowest BCUT2D eigenvalue weighted by Gasteiger charge is -2.11. The molecule has 0 amide bonds. The van der Waals surface area contributed by atoms with Crippen LogP contribution in [0.1, 0.15) is 16.7 Å². The summed E-state index contributed by atoms with van der Waals surface area (Å²) in [5.74, 6) is 0.685. The van der Waals surface area contributed by atoms with Gasteiger partial charge < -0.3 is 15.2 Å².